The number of hydrogen-bond donors (Lipinski definition) is 3. The molecule has 0 radical (unpaired) electrons. The number of amides is 2. The van der Waals surface area contributed by atoms with Crippen molar-refractivity contribution < 1.29 is 27.9 Å². The largest absolute Gasteiger partial charge is 0.467 e. The van der Waals surface area contributed by atoms with Crippen molar-refractivity contribution in [2.24, 2.45) is 0 Å². The molecular formula is C19H20F2N4O4. The Bertz CT molecular complexity index is 903. The van der Waals surface area contributed by atoms with Crippen LogP contribution in [0.15, 0.2) is 36.4 Å². The number of ether oxygens (including phenoxy) is 1. The molecule has 10 heteroatoms. The number of esters is 1. The summed E-state index contributed by atoms with van der Waals surface area (Å²) in [5.74, 6) is -3.57. The Balaban J connectivity index is 2.03. The van der Waals surface area contributed by atoms with Crippen molar-refractivity contribution >= 4 is 23.6 Å². The average molecular weight is 406 g/mol. The highest BCUT2D eigenvalue weighted by atomic mass is 19.1. The molecule has 0 bridgehead atoms. The normalized spacial score (nSPS) is 12.6. The van der Waals surface area contributed by atoms with E-state index in [1.165, 1.54) is 19.1 Å². The fourth-order valence-electron chi connectivity index (χ4n) is 2.52. The standard InChI is InChI=1S/C19H20F2N4O4/c1-10(23-16(26)8-11-6-12(20)9-13(21)7-11)18(27)25-17(19(28)29-2)14-4-3-5-15(22)24-14/h3-7,9-10,17H,8H2,1-2H3,(H2,22,24)(H,23,26)(H,25,27)/t10-,17?/m0/s1. The van der Waals surface area contributed by atoms with Crippen LogP contribution in [0.4, 0.5) is 14.6 Å². The van der Waals surface area contributed by atoms with Gasteiger partial charge >= 0.3 is 5.97 Å². The summed E-state index contributed by atoms with van der Waals surface area (Å²) in [5.41, 5.74) is 5.88. The van der Waals surface area contributed by atoms with Crippen LogP contribution in [-0.2, 0) is 25.5 Å². The summed E-state index contributed by atoms with van der Waals surface area (Å²) in [5, 5.41) is 4.83. The Labute approximate surface area is 165 Å². The zero-order chi connectivity index (χ0) is 21.6. The Morgan fingerprint density at radius 3 is 2.38 bits per heavy atom. The first-order chi connectivity index (χ1) is 13.7. The van der Waals surface area contributed by atoms with Gasteiger partial charge < -0.3 is 21.1 Å². The van der Waals surface area contributed by atoms with E-state index in [4.69, 9.17) is 5.73 Å². The van der Waals surface area contributed by atoms with Gasteiger partial charge in [-0.1, -0.05) is 6.07 Å². The van der Waals surface area contributed by atoms with E-state index < -0.39 is 41.5 Å². The van der Waals surface area contributed by atoms with Gasteiger partial charge in [-0.2, -0.15) is 0 Å². The third-order valence-corrected chi connectivity index (χ3v) is 3.87. The van der Waals surface area contributed by atoms with Gasteiger partial charge in [0.05, 0.1) is 19.2 Å². The molecule has 1 unspecified atom stereocenters. The average Bonchev–Trinajstić information content (AvgIpc) is 2.64. The lowest BCUT2D eigenvalue weighted by molar-refractivity contribution is -0.145. The molecule has 29 heavy (non-hydrogen) atoms. The number of carbonyl (C=O) groups is 3. The highest BCUT2D eigenvalue weighted by Crippen LogP contribution is 2.14. The van der Waals surface area contributed by atoms with Crippen molar-refractivity contribution in [2.45, 2.75) is 25.4 Å². The van der Waals surface area contributed by atoms with E-state index in [9.17, 15) is 23.2 Å². The molecule has 0 aliphatic heterocycles. The molecule has 2 amide bonds. The Morgan fingerprint density at radius 2 is 1.79 bits per heavy atom. The summed E-state index contributed by atoms with van der Waals surface area (Å²) in [4.78, 5) is 40.5. The van der Waals surface area contributed by atoms with Gasteiger partial charge in [-0.15, -0.1) is 0 Å². The number of nitrogens with zero attached hydrogens (tertiary/aromatic N) is 1. The number of halogens is 2. The van der Waals surface area contributed by atoms with Gasteiger partial charge in [0.15, 0.2) is 6.04 Å². The second kappa shape index (κ2) is 9.58. The Hall–Kier alpha value is -3.56. The van der Waals surface area contributed by atoms with E-state index in [1.54, 1.807) is 6.07 Å². The fourth-order valence-corrected chi connectivity index (χ4v) is 2.52. The monoisotopic (exact) mass is 406 g/mol. The van der Waals surface area contributed by atoms with Crippen LogP contribution in [0.3, 0.4) is 0 Å². The molecule has 0 spiro atoms. The second-order valence-corrected chi connectivity index (χ2v) is 6.20. The van der Waals surface area contributed by atoms with E-state index in [0.717, 1.165) is 19.2 Å². The first kappa shape index (κ1) is 21.7. The van der Waals surface area contributed by atoms with Crippen molar-refractivity contribution in [1.29, 1.82) is 0 Å². The lowest BCUT2D eigenvalue weighted by Crippen LogP contribution is -2.48. The molecule has 2 aromatic rings. The maximum Gasteiger partial charge on any atom is 0.334 e. The number of rotatable bonds is 7. The molecule has 1 aromatic heterocycles. The van der Waals surface area contributed by atoms with Crippen molar-refractivity contribution in [3.63, 3.8) is 0 Å². The number of aromatic nitrogens is 1. The van der Waals surface area contributed by atoms with Crippen LogP contribution in [0.2, 0.25) is 0 Å². The van der Waals surface area contributed by atoms with Crippen molar-refractivity contribution in [3.8, 4) is 0 Å². The van der Waals surface area contributed by atoms with Gasteiger partial charge in [0.1, 0.15) is 23.5 Å². The summed E-state index contributed by atoms with van der Waals surface area (Å²) in [6.45, 7) is 1.39. The van der Waals surface area contributed by atoms with Crippen molar-refractivity contribution in [1.82, 2.24) is 15.6 Å². The zero-order valence-electron chi connectivity index (χ0n) is 15.7. The predicted octanol–water partition coefficient (Wildman–Crippen LogP) is 1.02. The number of hydrogen-bond acceptors (Lipinski definition) is 6. The van der Waals surface area contributed by atoms with Crippen LogP contribution in [0.1, 0.15) is 24.2 Å². The van der Waals surface area contributed by atoms with Crippen molar-refractivity contribution in [2.75, 3.05) is 12.8 Å². The summed E-state index contributed by atoms with van der Waals surface area (Å²) < 4.78 is 31.1. The van der Waals surface area contributed by atoms with E-state index >= 15 is 0 Å². The predicted molar refractivity (Wildman–Crippen MR) is 99.2 cm³/mol. The summed E-state index contributed by atoms with van der Waals surface area (Å²) in [6.07, 6.45) is -0.330. The van der Waals surface area contributed by atoms with Gasteiger partial charge in [-0.3, -0.25) is 9.59 Å². The quantitative estimate of drug-likeness (QED) is 0.590. The smallest absolute Gasteiger partial charge is 0.334 e. The zero-order valence-corrected chi connectivity index (χ0v) is 15.7. The van der Waals surface area contributed by atoms with Crippen LogP contribution in [-0.4, -0.2) is 35.9 Å². The molecule has 1 aromatic carbocycles. The van der Waals surface area contributed by atoms with E-state index in [2.05, 4.69) is 20.4 Å². The molecule has 0 saturated carbocycles. The topological polar surface area (TPSA) is 123 Å². The van der Waals surface area contributed by atoms with Crippen LogP contribution >= 0.6 is 0 Å². The van der Waals surface area contributed by atoms with Gasteiger partial charge in [-0.25, -0.2) is 18.6 Å². The van der Waals surface area contributed by atoms with Crippen LogP contribution in [0, 0.1) is 11.6 Å². The minimum absolute atomic E-state index is 0.115. The Morgan fingerprint density at radius 1 is 1.14 bits per heavy atom. The summed E-state index contributed by atoms with van der Waals surface area (Å²) in [6, 6.07) is 5.01. The molecule has 0 saturated heterocycles. The summed E-state index contributed by atoms with van der Waals surface area (Å²) in [7, 11) is 1.15. The number of nitrogens with two attached hydrogens (primary N) is 1. The molecule has 8 nitrogen and oxygen atoms in total. The molecule has 0 aliphatic rings. The number of anilines is 1. The lowest BCUT2D eigenvalue weighted by atomic mass is 10.1. The molecule has 2 atom stereocenters. The minimum Gasteiger partial charge on any atom is -0.467 e. The van der Waals surface area contributed by atoms with Crippen molar-refractivity contribution in [3.05, 3.63) is 59.3 Å². The van der Waals surface area contributed by atoms with Crippen LogP contribution in [0.5, 0.6) is 0 Å². The highest BCUT2D eigenvalue weighted by molar-refractivity contribution is 5.91. The number of benzene rings is 1. The molecule has 154 valence electrons. The SMILES string of the molecule is COC(=O)C(NC(=O)[C@H](C)NC(=O)Cc1cc(F)cc(F)c1)c1cccc(N)n1. The lowest BCUT2D eigenvalue weighted by Gasteiger charge is -2.20. The number of pyridine rings is 1. The Kier molecular flexibility index (Phi) is 7.18. The van der Waals surface area contributed by atoms with Gasteiger partial charge in [0, 0.05) is 6.07 Å². The van der Waals surface area contributed by atoms with Gasteiger partial charge in [0.25, 0.3) is 0 Å². The first-order valence-electron chi connectivity index (χ1n) is 8.54. The number of carbonyl (C=O) groups excluding carboxylic acids is 3. The number of nitrogen functional groups attached to an aromatic ring is 1. The maximum atomic E-state index is 13.2. The minimum atomic E-state index is -1.23. The van der Waals surface area contributed by atoms with E-state index in [-0.39, 0.29) is 23.5 Å². The first-order valence-corrected chi connectivity index (χ1v) is 8.54. The molecule has 0 fully saturated rings. The fraction of sp³-hybridized carbons (Fsp3) is 0.263. The molecule has 1 heterocycles. The van der Waals surface area contributed by atoms with E-state index in [0.29, 0.717) is 6.07 Å². The van der Waals surface area contributed by atoms with Gasteiger partial charge in [0.2, 0.25) is 11.8 Å². The van der Waals surface area contributed by atoms with Crippen LogP contribution in [0.25, 0.3) is 0 Å². The number of methoxy groups -OCH3 is 1. The van der Waals surface area contributed by atoms with Gasteiger partial charge in [-0.05, 0) is 36.8 Å². The number of nitrogens with one attached hydrogen (secondary N) is 2. The van der Waals surface area contributed by atoms with E-state index in [1.807, 2.05) is 0 Å². The third kappa shape index (κ3) is 6.23. The second-order valence-electron chi connectivity index (χ2n) is 6.20. The highest BCUT2D eigenvalue weighted by Gasteiger charge is 2.27. The molecular weight excluding hydrogens is 386 g/mol. The molecule has 4 N–H and O–H groups in total. The molecule has 0 aliphatic carbocycles. The van der Waals surface area contributed by atoms with Crippen LogP contribution < -0.4 is 16.4 Å². The molecule has 2 rings (SSSR count). The summed E-state index contributed by atoms with van der Waals surface area (Å²) >= 11 is 0. The third-order valence-electron chi connectivity index (χ3n) is 3.87. The maximum absolute atomic E-state index is 13.2.